The van der Waals surface area contributed by atoms with Gasteiger partial charge in [0.2, 0.25) is 0 Å². The third kappa shape index (κ3) is 4.86. The van der Waals surface area contributed by atoms with Crippen molar-refractivity contribution >= 4 is 17.4 Å². The second-order valence-electron chi connectivity index (χ2n) is 5.11. The van der Waals surface area contributed by atoms with Crippen molar-refractivity contribution in [2.24, 2.45) is 0 Å². The van der Waals surface area contributed by atoms with Crippen molar-refractivity contribution in [3.05, 3.63) is 52.5 Å². The smallest absolute Gasteiger partial charge is 0.317 e. The van der Waals surface area contributed by atoms with Gasteiger partial charge in [0.15, 0.2) is 0 Å². The van der Waals surface area contributed by atoms with E-state index in [1.807, 2.05) is 23.6 Å². The minimum Gasteiger partial charge on any atom is -0.338 e. The average molecular weight is 303 g/mol. The van der Waals surface area contributed by atoms with Gasteiger partial charge in [0.05, 0.1) is 6.54 Å². The van der Waals surface area contributed by atoms with Crippen molar-refractivity contribution in [1.29, 1.82) is 0 Å². The molecule has 0 radical (unpaired) electrons. The third-order valence-corrected chi connectivity index (χ3v) is 4.19. The van der Waals surface area contributed by atoms with Gasteiger partial charge < -0.3 is 10.2 Å². The summed E-state index contributed by atoms with van der Waals surface area (Å²) < 4.78 is 0. The van der Waals surface area contributed by atoms with Gasteiger partial charge in [-0.05, 0) is 17.9 Å². The molecule has 2 aromatic rings. The number of benzene rings is 1. The molecule has 5 heteroatoms. The number of carbonyl (C=O) groups excluding carboxylic acids is 1. The Morgan fingerprint density at radius 1 is 1.38 bits per heavy atom. The summed E-state index contributed by atoms with van der Waals surface area (Å²) in [5.41, 5.74) is 1.31. The Kier molecular flexibility index (Phi) is 5.75. The zero-order chi connectivity index (χ0) is 15.1. The van der Waals surface area contributed by atoms with Crippen LogP contribution in [-0.4, -0.2) is 29.5 Å². The fourth-order valence-electron chi connectivity index (χ4n) is 2.08. The number of amides is 2. The molecule has 0 aliphatic carbocycles. The minimum atomic E-state index is -0.0505. The zero-order valence-electron chi connectivity index (χ0n) is 12.5. The maximum absolute atomic E-state index is 12.0. The lowest BCUT2D eigenvalue weighted by Gasteiger charge is -2.18. The largest absolute Gasteiger partial charge is 0.338 e. The number of thiazole rings is 1. The maximum atomic E-state index is 12.0. The second-order valence-corrected chi connectivity index (χ2v) is 6.09. The molecule has 0 spiro atoms. The molecule has 1 aromatic carbocycles. The van der Waals surface area contributed by atoms with Crippen LogP contribution in [0, 0.1) is 0 Å². The van der Waals surface area contributed by atoms with Crippen LogP contribution >= 0.6 is 11.3 Å². The summed E-state index contributed by atoms with van der Waals surface area (Å²) in [5.74, 6) is 0.441. The number of nitrogens with zero attached hydrogens (tertiary/aromatic N) is 2. The number of hydrogen-bond acceptors (Lipinski definition) is 3. The van der Waals surface area contributed by atoms with E-state index in [4.69, 9.17) is 0 Å². The molecule has 21 heavy (non-hydrogen) atoms. The summed E-state index contributed by atoms with van der Waals surface area (Å²) in [5, 5.41) is 5.83. The third-order valence-electron chi connectivity index (χ3n) is 3.42. The van der Waals surface area contributed by atoms with Crippen molar-refractivity contribution < 1.29 is 4.79 Å². The van der Waals surface area contributed by atoms with Crippen LogP contribution in [0.3, 0.4) is 0 Å². The highest BCUT2D eigenvalue weighted by Gasteiger charge is 2.11. The van der Waals surface area contributed by atoms with Gasteiger partial charge in [-0.15, -0.1) is 11.3 Å². The van der Waals surface area contributed by atoms with Gasteiger partial charge in [-0.2, -0.15) is 0 Å². The number of hydrogen-bond donors (Lipinski definition) is 1. The van der Waals surface area contributed by atoms with E-state index in [-0.39, 0.29) is 6.03 Å². The summed E-state index contributed by atoms with van der Waals surface area (Å²) in [4.78, 5) is 17.8. The summed E-state index contributed by atoms with van der Waals surface area (Å²) in [6.45, 7) is 3.41. The number of rotatable bonds is 6. The quantitative estimate of drug-likeness (QED) is 0.888. The molecule has 1 atom stereocenters. The molecule has 112 valence electrons. The van der Waals surface area contributed by atoms with Crippen molar-refractivity contribution in [1.82, 2.24) is 15.2 Å². The molecule has 0 saturated carbocycles. The van der Waals surface area contributed by atoms with E-state index in [0.717, 1.165) is 11.4 Å². The predicted octanol–water partition coefficient (Wildman–Crippen LogP) is 3.48. The van der Waals surface area contributed by atoms with Crippen molar-refractivity contribution in [2.45, 2.75) is 25.8 Å². The van der Waals surface area contributed by atoms with Gasteiger partial charge in [-0.25, -0.2) is 9.78 Å². The molecule has 1 heterocycles. The van der Waals surface area contributed by atoms with Gasteiger partial charge in [0, 0.05) is 25.2 Å². The molecule has 2 rings (SSSR count). The van der Waals surface area contributed by atoms with Crippen molar-refractivity contribution in [3.63, 3.8) is 0 Å². The fourth-order valence-corrected chi connectivity index (χ4v) is 2.75. The first-order valence-corrected chi connectivity index (χ1v) is 7.97. The van der Waals surface area contributed by atoms with Crippen LogP contribution in [0.25, 0.3) is 0 Å². The van der Waals surface area contributed by atoms with Crippen LogP contribution in [0.2, 0.25) is 0 Å². The molecule has 2 amide bonds. The van der Waals surface area contributed by atoms with Gasteiger partial charge in [0.1, 0.15) is 5.01 Å². The first kappa shape index (κ1) is 15.5. The Balaban J connectivity index is 1.71. The minimum absolute atomic E-state index is 0.0505. The van der Waals surface area contributed by atoms with E-state index < -0.39 is 0 Å². The standard InChI is InChI=1S/C16H21N3OS/c1-13(14-6-4-3-5-7-14)8-9-18-16(20)19(2)12-15-17-10-11-21-15/h3-7,10-11,13H,8-9,12H2,1-2H3,(H,18,20)/t13-/m0/s1. The Hall–Kier alpha value is -1.88. The van der Waals surface area contributed by atoms with E-state index in [2.05, 4.69) is 29.4 Å². The molecule has 0 bridgehead atoms. The highest BCUT2D eigenvalue weighted by atomic mass is 32.1. The lowest BCUT2D eigenvalue weighted by atomic mass is 9.98. The fraction of sp³-hybridized carbons (Fsp3) is 0.375. The highest BCUT2D eigenvalue weighted by molar-refractivity contribution is 7.09. The maximum Gasteiger partial charge on any atom is 0.317 e. The number of nitrogens with one attached hydrogen (secondary N) is 1. The monoisotopic (exact) mass is 303 g/mol. The van der Waals surface area contributed by atoms with Crippen LogP contribution < -0.4 is 5.32 Å². The summed E-state index contributed by atoms with van der Waals surface area (Å²) >= 11 is 1.56. The summed E-state index contributed by atoms with van der Waals surface area (Å²) in [7, 11) is 1.79. The highest BCUT2D eigenvalue weighted by Crippen LogP contribution is 2.17. The molecule has 4 nitrogen and oxygen atoms in total. The molecule has 0 aliphatic heterocycles. The molecule has 0 saturated heterocycles. The second kappa shape index (κ2) is 7.78. The first-order valence-electron chi connectivity index (χ1n) is 7.09. The molecular formula is C16H21N3OS. The SMILES string of the molecule is C[C@@H](CCNC(=O)N(C)Cc1nccs1)c1ccccc1. The van der Waals surface area contributed by atoms with Crippen LogP contribution in [0.1, 0.15) is 29.8 Å². The molecule has 1 N–H and O–H groups in total. The van der Waals surface area contributed by atoms with E-state index in [0.29, 0.717) is 19.0 Å². The Bertz CT molecular complexity index is 542. The topological polar surface area (TPSA) is 45.2 Å². The van der Waals surface area contributed by atoms with E-state index in [9.17, 15) is 4.79 Å². The van der Waals surface area contributed by atoms with Gasteiger partial charge >= 0.3 is 6.03 Å². The van der Waals surface area contributed by atoms with E-state index >= 15 is 0 Å². The van der Waals surface area contributed by atoms with Crippen LogP contribution in [0.4, 0.5) is 4.79 Å². The summed E-state index contributed by atoms with van der Waals surface area (Å²) in [6, 6.07) is 10.3. The lowest BCUT2D eigenvalue weighted by molar-refractivity contribution is 0.206. The van der Waals surface area contributed by atoms with Crippen LogP contribution in [-0.2, 0) is 6.54 Å². The Labute approximate surface area is 129 Å². The Morgan fingerprint density at radius 3 is 2.81 bits per heavy atom. The molecule has 0 fully saturated rings. The first-order chi connectivity index (χ1) is 10.2. The van der Waals surface area contributed by atoms with Gasteiger partial charge in [-0.3, -0.25) is 0 Å². The lowest BCUT2D eigenvalue weighted by Crippen LogP contribution is -2.37. The van der Waals surface area contributed by atoms with E-state index in [1.165, 1.54) is 5.56 Å². The van der Waals surface area contributed by atoms with Crippen molar-refractivity contribution in [3.8, 4) is 0 Å². The molecular weight excluding hydrogens is 282 g/mol. The molecule has 0 aliphatic rings. The summed E-state index contributed by atoms with van der Waals surface area (Å²) in [6.07, 6.45) is 2.69. The number of carbonyl (C=O) groups is 1. The van der Waals surface area contributed by atoms with Crippen molar-refractivity contribution in [2.75, 3.05) is 13.6 Å². The van der Waals surface area contributed by atoms with E-state index in [1.54, 1.807) is 29.5 Å². The molecule has 1 aromatic heterocycles. The van der Waals surface area contributed by atoms with Gasteiger partial charge in [0.25, 0.3) is 0 Å². The molecule has 0 unspecified atom stereocenters. The predicted molar refractivity (Wildman–Crippen MR) is 86.5 cm³/mol. The van der Waals surface area contributed by atoms with Crippen LogP contribution in [0.15, 0.2) is 41.9 Å². The normalized spacial score (nSPS) is 11.9. The zero-order valence-corrected chi connectivity index (χ0v) is 13.3. The number of urea groups is 1. The van der Waals surface area contributed by atoms with Gasteiger partial charge in [-0.1, -0.05) is 37.3 Å². The average Bonchev–Trinajstić information content (AvgIpc) is 3.00. The van der Waals surface area contributed by atoms with Crippen LogP contribution in [0.5, 0.6) is 0 Å². The Morgan fingerprint density at radius 2 is 2.14 bits per heavy atom. The number of aromatic nitrogens is 1.